The first-order valence-corrected chi connectivity index (χ1v) is 7.80. The number of rotatable bonds is 14. The monoisotopic (exact) mass is 259 g/mol. The zero-order chi connectivity index (χ0) is 13.5. The summed E-state index contributed by atoms with van der Waals surface area (Å²) in [5.74, 6) is 0. The molecule has 3 nitrogen and oxygen atoms in total. The molecule has 0 saturated heterocycles. The summed E-state index contributed by atoms with van der Waals surface area (Å²) in [6.45, 7) is 3.16. The van der Waals surface area contributed by atoms with Crippen LogP contribution in [0.5, 0.6) is 0 Å². The highest BCUT2D eigenvalue weighted by molar-refractivity contribution is 4.64. The molecule has 0 aromatic heterocycles. The van der Waals surface area contributed by atoms with Gasteiger partial charge in [0.1, 0.15) is 0 Å². The van der Waals surface area contributed by atoms with Crippen LogP contribution in [0.4, 0.5) is 0 Å². The van der Waals surface area contributed by atoms with E-state index in [0.29, 0.717) is 6.54 Å². The van der Waals surface area contributed by atoms with Gasteiger partial charge in [0.25, 0.3) is 0 Å². The molecule has 0 heterocycles. The molecule has 0 radical (unpaired) electrons. The molecule has 0 aromatic rings. The van der Waals surface area contributed by atoms with Gasteiger partial charge in [-0.15, -0.1) is 0 Å². The zero-order valence-electron chi connectivity index (χ0n) is 12.2. The van der Waals surface area contributed by atoms with Crippen molar-refractivity contribution in [3.63, 3.8) is 0 Å². The Kier molecular flexibility index (Phi) is 14.8. The van der Waals surface area contributed by atoms with Crippen LogP contribution in [0.1, 0.15) is 71.1 Å². The summed E-state index contributed by atoms with van der Waals surface area (Å²) in [4.78, 5) is 0. The Morgan fingerprint density at radius 3 is 1.89 bits per heavy atom. The van der Waals surface area contributed by atoms with Crippen molar-refractivity contribution in [2.24, 2.45) is 0 Å². The van der Waals surface area contributed by atoms with Crippen LogP contribution in [0.2, 0.25) is 0 Å². The van der Waals surface area contributed by atoms with Crippen LogP contribution < -0.4 is 5.32 Å². The van der Waals surface area contributed by atoms with Gasteiger partial charge in [-0.2, -0.15) is 0 Å². The first-order chi connectivity index (χ1) is 8.85. The maximum absolute atomic E-state index is 9.13. The third-order valence-electron chi connectivity index (χ3n) is 3.42. The molecule has 0 bridgehead atoms. The van der Waals surface area contributed by atoms with Gasteiger partial charge in [0.05, 0.1) is 13.2 Å². The van der Waals surface area contributed by atoms with Crippen LogP contribution in [-0.4, -0.2) is 36.0 Å². The van der Waals surface area contributed by atoms with Crippen molar-refractivity contribution >= 4 is 0 Å². The quantitative estimate of drug-likeness (QED) is 0.420. The standard InChI is InChI=1S/C15H33NO2/c1-2-3-4-5-6-7-8-9-10-11-15(14-18)16-12-13-17/h15-18H,2-14H2,1H3. The molecule has 1 unspecified atom stereocenters. The first kappa shape index (κ1) is 17.9. The van der Waals surface area contributed by atoms with Crippen molar-refractivity contribution in [3.05, 3.63) is 0 Å². The summed E-state index contributed by atoms with van der Waals surface area (Å²) < 4.78 is 0. The molecule has 1 atom stereocenters. The Hall–Kier alpha value is -0.120. The van der Waals surface area contributed by atoms with Gasteiger partial charge in [-0.3, -0.25) is 0 Å². The highest BCUT2D eigenvalue weighted by Gasteiger charge is 2.04. The molecule has 0 aliphatic heterocycles. The third kappa shape index (κ3) is 12.3. The molecule has 0 rings (SSSR count). The van der Waals surface area contributed by atoms with Gasteiger partial charge in [-0.05, 0) is 6.42 Å². The van der Waals surface area contributed by atoms with E-state index in [0.717, 1.165) is 6.42 Å². The predicted octanol–water partition coefficient (Wildman–Crippen LogP) is 2.85. The molecule has 0 aliphatic carbocycles. The number of hydrogen-bond donors (Lipinski definition) is 3. The lowest BCUT2D eigenvalue weighted by Crippen LogP contribution is -2.34. The van der Waals surface area contributed by atoms with Crippen LogP contribution in [0.25, 0.3) is 0 Å². The second kappa shape index (κ2) is 14.9. The van der Waals surface area contributed by atoms with Gasteiger partial charge in [-0.25, -0.2) is 0 Å². The van der Waals surface area contributed by atoms with Gasteiger partial charge in [0, 0.05) is 12.6 Å². The van der Waals surface area contributed by atoms with Crippen molar-refractivity contribution in [2.75, 3.05) is 19.8 Å². The molecule has 0 aliphatic rings. The van der Waals surface area contributed by atoms with Gasteiger partial charge >= 0.3 is 0 Å². The Morgan fingerprint density at radius 2 is 1.39 bits per heavy atom. The van der Waals surface area contributed by atoms with Crippen LogP contribution in [0.3, 0.4) is 0 Å². The number of hydrogen-bond acceptors (Lipinski definition) is 3. The molecule has 18 heavy (non-hydrogen) atoms. The Labute approximate surface area is 113 Å². The van der Waals surface area contributed by atoms with E-state index in [1.54, 1.807) is 0 Å². The number of unbranched alkanes of at least 4 members (excludes halogenated alkanes) is 8. The Balaban J connectivity index is 3.17. The Bertz CT molecular complexity index is 153. The van der Waals surface area contributed by atoms with Crippen molar-refractivity contribution < 1.29 is 10.2 Å². The molecule has 110 valence electrons. The van der Waals surface area contributed by atoms with Crippen LogP contribution in [-0.2, 0) is 0 Å². The minimum atomic E-state index is 0.147. The van der Waals surface area contributed by atoms with E-state index >= 15 is 0 Å². The van der Waals surface area contributed by atoms with Gasteiger partial charge < -0.3 is 15.5 Å². The minimum Gasteiger partial charge on any atom is -0.395 e. The molecule has 0 aromatic carbocycles. The van der Waals surface area contributed by atoms with E-state index in [1.165, 1.54) is 57.8 Å². The Morgan fingerprint density at radius 1 is 0.833 bits per heavy atom. The number of aliphatic hydroxyl groups is 2. The maximum atomic E-state index is 9.13. The zero-order valence-corrected chi connectivity index (χ0v) is 12.2. The van der Waals surface area contributed by atoms with Crippen molar-refractivity contribution in [1.29, 1.82) is 0 Å². The second-order valence-corrected chi connectivity index (χ2v) is 5.17. The van der Waals surface area contributed by atoms with Gasteiger partial charge in [-0.1, -0.05) is 64.7 Å². The molecule has 0 fully saturated rings. The van der Waals surface area contributed by atoms with E-state index < -0.39 is 0 Å². The lowest BCUT2D eigenvalue weighted by Gasteiger charge is -2.15. The average Bonchev–Trinajstić information content (AvgIpc) is 2.40. The van der Waals surface area contributed by atoms with E-state index in [2.05, 4.69) is 12.2 Å². The van der Waals surface area contributed by atoms with Crippen molar-refractivity contribution in [2.45, 2.75) is 77.2 Å². The summed E-state index contributed by atoms with van der Waals surface area (Å²) in [6, 6.07) is 0.168. The number of aliphatic hydroxyl groups excluding tert-OH is 2. The van der Waals surface area contributed by atoms with E-state index in [-0.39, 0.29) is 19.3 Å². The smallest absolute Gasteiger partial charge is 0.0584 e. The SMILES string of the molecule is CCCCCCCCCCCC(CO)NCCO. The largest absolute Gasteiger partial charge is 0.395 e. The van der Waals surface area contributed by atoms with Crippen molar-refractivity contribution in [3.8, 4) is 0 Å². The maximum Gasteiger partial charge on any atom is 0.0584 e. The lowest BCUT2D eigenvalue weighted by molar-refractivity contribution is 0.217. The fourth-order valence-electron chi connectivity index (χ4n) is 2.23. The molecule has 3 N–H and O–H groups in total. The summed E-state index contributed by atoms with van der Waals surface area (Å²) in [5.41, 5.74) is 0. The lowest BCUT2D eigenvalue weighted by atomic mass is 10.0. The molecular weight excluding hydrogens is 226 g/mol. The summed E-state index contributed by atoms with van der Waals surface area (Å²) in [7, 11) is 0. The second-order valence-electron chi connectivity index (χ2n) is 5.17. The summed E-state index contributed by atoms with van der Waals surface area (Å²) >= 11 is 0. The number of nitrogens with one attached hydrogen (secondary N) is 1. The molecule has 0 amide bonds. The fraction of sp³-hybridized carbons (Fsp3) is 1.00. The summed E-state index contributed by atoms with van der Waals surface area (Å²) in [5, 5.41) is 21.0. The fourth-order valence-corrected chi connectivity index (χ4v) is 2.23. The summed E-state index contributed by atoms with van der Waals surface area (Å²) in [6.07, 6.45) is 13.0. The average molecular weight is 259 g/mol. The van der Waals surface area contributed by atoms with Crippen LogP contribution >= 0.6 is 0 Å². The highest BCUT2D eigenvalue weighted by Crippen LogP contribution is 2.11. The topological polar surface area (TPSA) is 52.5 Å². The van der Waals surface area contributed by atoms with E-state index in [9.17, 15) is 0 Å². The van der Waals surface area contributed by atoms with E-state index in [4.69, 9.17) is 10.2 Å². The molecule has 3 heteroatoms. The van der Waals surface area contributed by atoms with Gasteiger partial charge in [0.2, 0.25) is 0 Å². The molecule has 0 saturated carbocycles. The normalized spacial score (nSPS) is 12.8. The van der Waals surface area contributed by atoms with E-state index in [1.807, 2.05) is 0 Å². The third-order valence-corrected chi connectivity index (χ3v) is 3.42. The highest BCUT2D eigenvalue weighted by atomic mass is 16.3. The van der Waals surface area contributed by atoms with Crippen LogP contribution in [0.15, 0.2) is 0 Å². The first-order valence-electron chi connectivity index (χ1n) is 7.80. The predicted molar refractivity (Wildman–Crippen MR) is 77.8 cm³/mol. The molecule has 0 spiro atoms. The van der Waals surface area contributed by atoms with Crippen LogP contribution in [0, 0.1) is 0 Å². The molecular formula is C15H33NO2. The van der Waals surface area contributed by atoms with Crippen molar-refractivity contribution in [1.82, 2.24) is 5.32 Å². The van der Waals surface area contributed by atoms with Gasteiger partial charge in [0.15, 0.2) is 0 Å². The minimum absolute atomic E-state index is 0.147.